The molecule has 144 valence electrons. The summed E-state index contributed by atoms with van der Waals surface area (Å²) in [5.74, 6) is -1.97. The number of sulfone groups is 1. The van der Waals surface area contributed by atoms with E-state index in [1.54, 1.807) is 20.8 Å². The standard InChI is InChI=1S/C16H22N2O7S/c1-4-24-16(21)14-9(2)13(10(3)17-14)15(20)25-7-12(19)18-11-5-6-26(22,23)8-11/h11,17H,4-8H2,1-3H3,(H,18,19)/t11-/m1/s1. The number of hydrogen-bond donors (Lipinski definition) is 2. The highest BCUT2D eigenvalue weighted by molar-refractivity contribution is 7.91. The van der Waals surface area contributed by atoms with E-state index in [4.69, 9.17) is 9.47 Å². The molecule has 1 atom stereocenters. The number of esters is 2. The Hall–Kier alpha value is -2.36. The Morgan fingerprint density at radius 3 is 2.46 bits per heavy atom. The van der Waals surface area contributed by atoms with Gasteiger partial charge in [-0.15, -0.1) is 0 Å². The third kappa shape index (κ3) is 4.63. The molecule has 1 aliphatic heterocycles. The second-order valence-electron chi connectivity index (χ2n) is 6.09. The molecule has 0 bridgehead atoms. The predicted octanol–water partition coefficient (Wildman–Crippen LogP) is 0.268. The van der Waals surface area contributed by atoms with Crippen LogP contribution in [0.1, 0.15) is 45.4 Å². The number of ether oxygens (including phenoxy) is 2. The van der Waals surface area contributed by atoms with Gasteiger partial charge in [-0.25, -0.2) is 18.0 Å². The van der Waals surface area contributed by atoms with Crippen molar-refractivity contribution in [3.05, 3.63) is 22.5 Å². The van der Waals surface area contributed by atoms with E-state index in [-0.39, 0.29) is 29.4 Å². The van der Waals surface area contributed by atoms with Crippen molar-refractivity contribution < 1.29 is 32.3 Å². The first-order chi connectivity index (χ1) is 12.1. The number of hydrogen-bond acceptors (Lipinski definition) is 7. The maximum atomic E-state index is 12.3. The van der Waals surface area contributed by atoms with Gasteiger partial charge in [0.15, 0.2) is 16.4 Å². The molecular formula is C16H22N2O7S. The van der Waals surface area contributed by atoms with E-state index in [1.807, 2.05) is 0 Å². The summed E-state index contributed by atoms with van der Waals surface area (Å²) in [6.45, 7) is 4.53. The average Bonchev–Trinajstić information content (AvgIpc) is 3.04. The SMILES string of the molecule is CCOC(=O)c1[nH]c(C)c(C(=O)OCC(=O)N[C@@H]2CCS(=O)(=O)C2)c1C. The number of aromatic nitrogens is 1. The topological polar surface area (TPSA) is 132 Å². The van der Waals surface area contributed by atoms with Gasteiger partial charge in [-0.2, -0.15) is 0 Å². The number of aryl methyl sites for hydroxylation is 1. The monoisotopic (exact) mass is 386 g/mol. The van der Waals surface area contributed by atoms with Crippen LogP contribution in [0.15, 0.2) is 0 Å². The van der Waals surface area contributed by atoms with E-state index in [2.05, 4.69) is 10.3 Å². The lowest BCUT2D eigenvalue weighted by Crippen LogP contribution is -2.38. The molecule has 2 heterocycles. The van der Waals surface area contributed by atoms with Gasteiger partial charge in [0.05, 0.1) is 23.7 Å². The third-order valence-electron chi connectivity index (χ3n) is 4.05. The highest BCUT2D eigenvalue weighted by Gasteiger charge is 2.29. The molecule has 10 heteroatoms. The van der Waals surface area contributed by atoms with E-state index in [9.17, 15) is 22.8 Å². The third-order valence-corrected chi connectivity index (χ3v) is 5.82. The second-order valence-corrected chi connectivity index (χ2v) is 8.32. The summed E-state index contributed by atoms with van der Waals surface area (Å²) in [5, 5.41) is 2.53. The molecule has 0 unspecified atom stereocenters. The summed E-state index contributed by atoms with van der Waals surface area (Å²) in [6.07, 6.45) is 0.348. The molecule has 2 rings (SSSR count). The zero-order chi connectivity index (χ0) is 19.5. The molecule has 2 N–H and O–H groups in total. The summed E-state index contributed by atoms with van der Waals surface area (Å²) in [7, 11) is -3.11. The second kappa shape index (κ2) is 7.90. The Morgan fingerprint density at radius 2 is 1.88 bits per heavy atom. The molecule has 9 nitrogen and oxygen atoms in total. The Labute approximate surface area is 151 Å². The molecule has 1 aliphatic rings. The van der Waals surface area contributed by atoms with Gasteiger partial charge >= 0.3 is 11.9 Å². The molecule has 0 aliphatic carbocycles. The van der Waals surface area contributed by atoms with Crippen LogP contribution in [-0.4, -0.2) is 62.0 Å². The average molecular weight is 386 g/mol. The molecular weight excluding hydrogens is 364 g/mol. The van der Waals surface area contributed by atoms with Crippen LogP contribution in [0.25, 0.3) is 0 Å². The highest BCUT2D eigenvalue weighted by Crippen LogP contribution is 2.20. The number of carbonyl (C=O) groups is 3. The first-order valence-corrected chi connectivity index (χ1v) is 10.00. The quantitative estimate of drug-likeness (QED) is 0.671. The van der Waals surface area contributed by atoms with Crippen LogP contribution in [0.3, 0.4) is 0 Å². The van der Waals surface area contributed by atoms with Crippen molar-refractivity contribution in [2.75, 3.05) is 24.7 Å². The van der Waals surface area contributed by atoms with E-state index < -0.39 is 40.3 Å². The molecule has 1 aromatic heterocycles. The van der Waals surface area contributed by atoms with E-state index >= 15 is 0 Å². The maximum absolute atomic E-state index is 12.3. The minimum atomic E-state index is -3.11. The number of nitrogens with one attached hydrogen (secondary N) is 2. The zero-order valence-corrected chi connectivity index (χ0v) is 15.7. The van der Waals surface area contributed by atoms with Gasteiger partial charge in [0.1, 0.15) is 5.69 Å². The van der Waals surface area contributed by atoms with Gasteiger partial charge in [-0.05, 0) is 32.8 Å². The number of amides is 1. The normalized spacial score (nSPS) is 18.3. The molecule has 1 aromatic rings. The largest absolute Gasteiger partial charge is 0.461 e. The summed E-state index contributed by atoms with van der Waals surface area (Å²) in [6, 6.07) is -0.461. The number of rotatable bonds is 6. The van der Waals surface area contributed by atoms with Crippen LogP contribution in [-0.2, 0) is 24.1 Å². The molecule has 1 amide bonds. The number of aromatic amines is 1. The van der Waals surface area contributed by atoms with Crippen molar-refractivity contribution in [1.82, 2.24) is 10.3 Å². The van der Waals surface area contributed by atoms with Gasteiger partial charge in [0.2, 0.25) is 0 Å². The molecule has 0 aromatic carbocycles. The summed E-state index contributed by atoms with van der Waals surface area (Å²) in [5.41, 5.74) is 1.15. The van der Waals surface area contributed by atoms with Crippen molar-refractivity contribution in [2.24, 2.45) is 0 Å². The molecule has 26 heavy (non-hydrogen) atoms. The van der Waals surface area contributed by atoms with Crippen LogP contribution in [0, 0.1) is 13.8 Å². The van der Waals surface area contributed by atoms with Crippen LogP contribution in [0.2, 0.25) is 0 Å². The predicted molar refractivity (Wildman–Crippen MR) is 91.7 cm³/mol. The minimum absolute atomic E-state index is 0.0378. The Morgan fingerprint density at radius 1 is 1.19 bits per heavy atom. The van der Waals surface area contributed by atoms with Crippen molar-refractivity contribution in [1.29, 1.82) is 0 Å². The van der Waals surface area contributed by atoms with Crippen molar-refractivity contribution >= 4 is 27.7 Å². The molecule has 0 radical (unpaired) electrons. The smallest absolute Gasteiger partial charge is 0.355 e. The summed E-state index contributed by atoms with van der Waals surface area (Å²) >= 11 is 0. The van der Waals surface area contributed by atoms with E-state index in [1.165, 1.54) is 0 Å². The van der Waals surface area contributed by atoms with E-state index in [0.29, 0.717) is 17.7 Å². The Kier molecular flexibility index (Phi) is 6.06. The fourth-order valence-electron chi connectivity index (χ4n) is 2.85. The molecule has 0 spiro atoms. The summed E-state index contributed by atoms with van der Waals surface area (Å²) in [4.78, 5) is 38.7. The maximum Gasteiger partial charge on any atom is 0.355 e. The lowest BCUT2D eigenvalue weighted by atomic mass is 10.1. The van der Waals surface area contributed by atoms with Gasteiger partial charge in [0, 0.05) is 11.7 Å². The van der Waals surface area contributed by atoms with Crippen LogP contribution >= 0.6 is 0 Å². The first kappa shape index (κ1) is 20.0. The van der Waals surface area contributed by atoms with Crippen LogP contribution < -0.4 is 5.32 Å². The lowest BCUT2D eigenvalue weighted by Gasteiger charge is -2.11. The fourth-order valence-corrected chi connectivity index (χ4v) is 4.52. The Balaban J connectivity index is 1.96. The van der Waals surface area contributed by atoms with Gasteiger partial charge in [-0.3, -0.25) is 4.79 Å². The zero-order valence-electron chi connectivity index (χ0n) is 14.9. The fraction of sp³-hybridized carbons (Fsp3) is 0.562. The Bertz CT molecular complexity index is 826. The van der Waals surface area contributed by atoms with Gasteiger partial charge < -0.3 is 19.8 Å². The minimum Gasteiger partial charge on any atom is -0.461 e. The van der Waals surface area contributed by atoms with Crippen LogP contribution in [0.4, 0.5) is 0 Å². The number of carbonyl (C=O) groups excluding carboxylic acids is 3. The van der Waals surface area contributed by atoms with Gasteiger partial charge in [0.25, 0.3) is 5.91 Å². The summed E-state index contributed by atoms with van der Waals surface area (Å²) < 4.78 is 32.7. The van der Waals surface area contributed by atoms with Crippen LogP contribution in [0.5, 0.6) is 0 Å². The van der Waals surface area contributed by atoms with E-state index in [0.717, 1.165) is 0 Å². The van der Waals surface area contributed by atoms with Gasteiger partial charge in [-0.1, -0.05) is 0 Å². The van der Waals surface area contributed by atoms with Crippen molar-refractivity contribution in [3.63, 3.8) is 0 Å². The number of H-pyrrole nitrogens is 1. The first-order valence-electron chi connectivity index (χ1n) is 8.17. The van der Waals surface area contributed by atoms with Crippen molar-refractivity contribution in [3.8, 4) is 0 Å². The molecule has 1 saturated heterocycles. The molecule has 0 saturated carbocycles. The highest BCUT2D eigenvalue weighted by atomic mass is 32.2. The van der Waals surface area contributed by atoms with Crippen molar-refractivity contribution in [2.45, 2.75) is 33.2 Å². The molecule has 1 fully saturated rings. The lowest BCUT2D eigenvalue weighted by molar-refractivity contribution is -0.124.